The maximum absolute atomic E-state index is 13.8. The van der Waals surface area contributed by atoms with Crippen molar-refractivity contribution >= 4 is 40.0 Å². The van der Waals surface area contributed by atoms with E-state index in [1.165, 1.54) is 11.8 Å². The van der Waals surface area contributed by atoms with E-state index in [0.717, 1.165) is 5.56 Å². The molecule has 4 aromatic carbocycles. The summed E-state index contributed by atoms with van der Waals surface area (Å²) >= 11 is 1.27. The van der Waals surface area contributed by atoms with Gasteiger partial charge in [-0.25, -0.2) is 4.57 Å². The van der Waals surface area contributed by atoms with Crippen molar-refractivity contribution in [2.45, 2.75) is 17.3 Å². The molecule has 0 bridgehead atoms. The summed E-state index contributed by atoms with van der Waals surface area (Å²) in [5.41, 5.74) is 2.54. The molecule has 0 aliphatic carbocycles. The van der Waals surface area contributed by atoms with Crippen LogP contribution in [0, 0.1) is 0 Å². The lowest BCUT2D eigenvalue weighted by molar-refractivity contribution is -0.115. The van der Waals surface area contributed by atoms with E-state index in [9.17, 15) is 9.59 Å². The first-order valence-electron chi connectivity index (χ1n) is 12.8. The highest BCUT2D eigenvalue weighted by Gasteiger charge is 2.27. The molecule has 0 radical (unpaired) electrons. The molecule has 0 saturated carbocycles. The third-order valence-electron chi connectivity index (χ3n) is 6.42. The fourth-order valence-corrected chi connectivity index (χ4v) is 5.66. The SMILES string of the molecule is CCOc1ccccc1NC(=O)C(Sc1nnc2n(-c3ccccc3)c(=O)c3ccccc3n12)c1ccccc1. The maximum Gasteiger partial charge on any atom is 0.267 e. The van der Waals surface area contributed by atoms with Gasteiger partial charge in [0, 0.05) is 0 Å². The predicted octanol–water partition coefficient (Wildman–Crippen LogP) is 5.90. The molecule has 6 aromatic rings. The Morgan fingerprint density at radius 1 is 0.875 bits per heavy atom. The maximum atomic E-state index is 13.8. The van der Waals surface area contributed by atoms with Gasteiger partial charge in [-0.05, 0) is 48.9 Å². The summed E-state index contributed by atoms with van der Waals surface area (Å²) in [4.78, 5) is 27.4. The standard InChI is InChI=1S/C31H25N5O3S/c1-2-39-26-20-12-10-18-24(26)32-28(37)27(21-13-5-3-6-14-21)40-31-34-33-30-35(22-15-7-4-8-16-22)29(38)23-17-9-11-19-25(23)36(30)31/h3-20,27H,2H2,1H3,(H,32,37). The van der Waals surface area contributed by atoms with Crippen LogP contribution in [0.5, 0.6) is 5.75 Å². The Morgan fingerprint density at radius 2 is 1.55 bits per heavy atom. The van der Waals surface area contributed by atoms with E-state index >= 15 is 0 Å². The lowest BCUT2D eigenvalue weighted by atomic mass is 10.1. The van der Waals surface area contributed by atoms with Gasteiger partial charge in [-0.1, -0.05) is 84.6 Å². The molecule has 1 amide bonds. The molecule has 0 aliphatic heterocycles. The van der Waals surface area contributed by atoms with Crippen molar-refractivity contribution < 1.29 is 9.53 Å². The molecule has 0 aliphatic rings. The normalized spacial score (nSPS) is 11.9. The quantitative estimate of drug-likeness (QED) is 0.239. The number of nitrogens with zero attached hydrogens (tertiary/aromatic N) is 4. The Morgan fingerprint density at radius 3 is 2.33 bits per heavy atom. The van der Waals surface area contributed by atoms with Gasteiger partial charge in [-0.3, -0.25) is 14.0 Å². The van der Waals surface area contributed by atoms with Crippen LogP contribution in [0.2, 0.25) is 0 Å². The number of rotatable bonds is 8. The summed E-state index contributed by atoms with van der Waals surface area (Å²) in [5.74, 6) is 0.730. The highest BCUT2D eigenvalue weighted by atomic mass is 32.2. The summed E-state index contributed by atoms with van der Waals surface area (Å²) in [6.07, 6.45) is 0. The van der Waals surface area contributed by atoms with Crippen LogP contribution in [-0.4, -0.2) is 31.7 Å². The molecule has 0 saturated heterocycles. The van der Waals surface area contributed by atoms with Gasteiger partial charge in [0.05, 0.1) is 28.9 Å². The van der Waals surface area contributed by atoms with Crippen molar-refractivity contribution in [1.82, 2.24) is 19.2 Å². The smallest absolute Gasteiger partial charge is 0.267 e. The Kier molecular flexibility index (Phi) is 7.03. The number of amides is 1. The summed E-state index contributed by atoms with van der Waals surface area (Å²) < 4.78 is 9.11. The molecule has 9 heteroatoms. The van der Waals surface area contributed by atoms with E-state index in [2.05, 4.69) is 15.5 Å². The van der Waals surface area contributed by atoms with Gasteiger partial charge in [-0.2, -0.15) is 0 Å². The molecule has 1 atom stereocenters. The largest absolute Gasteiger partial charge is 0.492 e. The van der Waals surface area contributed by atoms with E-state index in [1.54, 1.807) is 10.6 Å². The number of fused-ring (bicyclic) bond motifs is 3. The van der Waals surface area contributed by atoms with Gasteiger partial charge < -0.3 is 10.1 Å². The molecule has 2 aromatic heterocycles. The fraction of sp³-hybridized carbons (Fsp3) is 0.0968. The van der Waals surface area contributed by atoms with E-state index < -0.39 is 5.25 Å². The van der Waals surface area contributed by atoms with Crippen LogP contribution in [0.25, 0.3) is 22.4 Å². The van der Waals surface area contributed by atoms with Crippen LogP contribution in [0.1, 0.15) is 17.7 Å². The number of hydrogen-bond donors (Lipinski definition) is 1. The second-order valence-electron chi connectivity index (χ2n) is 8.94. The van der Waals surface area contributed by atoms with Crippen molar-refractivity contribution in [1.29, 1.82) is 0 Å². The number of carbonyl (C=O) groups is 1. The van der Waals surface area contributed by atoms with Gasteiger partial charge in [0.15, 0.2) is 5.16 Å². The van der Waals surface area contributed by atoms with Crippen LogP contribution in [0.15, 0.2) is 119 Å². The third-order valence-corrected chi connectivity index (χ3v) is 7.61. The number of carbonyl (C=O) groups excluding carboxylic acids is 1. The van der Waals surface area contributed by atoms with Crippen molar-refractivity contribution in [3.8, 4) is 11.4 Å². The number of thioether (sulfide) groups is 1. The molecule has 198 valence electrons. The third kappa shape index (κ3) is 4.71. The average molecular weight is 548 g/mol. The lowest BCUT2D eigenvalue weighted by Crippen LogP contribution is -2.22. The van der Waals surface area contributed by atoms with Crippen LogP contribution in [-0.2, 0) is 4.79 Å². The Bertz CT molecular complexity index is 1870. The van der Waals surface area contributed by atoms with Crippen molar-refractivity contribution in [3.05, 3.63) is 125 Å². The zero-order valence-corrected chi connectivity index (χ0v) is 22.4. The summed E-state index contributed by atoms with van der Waals surface area (Å²) in [6.45, 7) is 2.38. The molecule has 2 heterocycles. The van der Waals surface area contributed by atoms with E-state index in [-0.39, 0.29) is 11.5 Å². The summed E-state index contributed by atoms with van der Waals surface area (Å²) in [7, 11) is 0. The Hall–Kier alpha value is -4.89. The van der Waals surface area contributed by atoms with Crippen LogP contribution in [0.4, 0.5) is 5.69 Å². The minimum absolute atomic E-state index is 0.192. The highest BCUT2D eigenvalue weighted by molar-refractivity contribution is 8.00. The van der Waals surface area contributed by atoms with Gasteiger partial charge in [0.2, 0.25) is 11.7 Å². The second kappa shape index (κ2) is 11.1. The minimum atomic E-state index is -0.667. The van der Waals surface area contributed by atoms with Gasteiger partial charge >= 0.3 is 0 Å². The number of ether oxygens (including phenoxy) is 1. The number of anilines is 1. The summed E-state index contributed by atoms with van der Waals surface area (Å²) in [6, 6.07) is 33.6. The van der Waals surface area contributed by atoms with Gasteiger partial charge in [0.25, 0.3) is 5.56 Å². The number of nitrogens with one attached hydrogen (secondary N) is 1. The fourth-order valence-electron chi connectivity index (χ4n) is 4.62. The van der Waals surface area contributed by atoms with Crippen molar-refractivity contribution in [2.24, 2.45) is 0 Å². The van der Waals surface area contributed by atoms with E-state index in [1.807, 2.05) is 114 Å². The second-order valence-corrected chi connectivity index (χ2v) is 10.0. The minimum Gasteiger partial charge on any atom is -0.492 e. The zero-order valence-electron chi connectivity index (χ0n) is 21.6. The van der Waals surface area contributed by atoms with Crippen molar-refractivity contribution in [2.75, 3.05) is 11.9 Å². The molecular formula is C31H25N5O3S. The lowest BCUT2D eigenvalue weighted by Gasteiger charge is -2.18. The first-order valence-corrected chi connectivity index (χ1v) is 13.7. The molecular weight excluding hydrogens is 522 g/mol. The average Bonchev–Trinajstić information content (AvgIpc) is 3.41. The molecule has 1 N–H and O–H groups in total. The van der Waals surface area contributed by atoms with Crippen molar-refractivity contribution in [3.63, 3.8) is 0 Å². The number of aromatic nitrogens is 4. The highest BCUT2D eigenvalue weighted by Crippen LogP contribution is 2.37. The first-order chi connectivity index (χ1) is 19.7. The van der Waals surface area contributed by atoms with Crippen LogP contribution >= 0.6 is 11.8 Å². The monoisotopic (exact) mass is 547 g/mol. The molecule has 0 spiro atoms. The van der Waals surface area contributed by atoms with E-state index in [4.69, 9.17) is 4.74 Å². The Labute approximate surface area is 234 Å². The topological polar surface area (TPSA) is 90.5 Å². The molecule has 1 unspecified atom stereocenters. The van der Waals surface area contributed by atoms with Gasteiger partial charge in [-0.15, -0.1) is 10.2 Å². The Balaban J connectivity index is 1.48. The number of para-hydroxylation sites is 4. The number of hydrogen-bond acceptors (Lipinski definition) is 6. The summed E-state index contributed by atoms with van der Waals surface area (Å²) in [5, 5.41) is 12.3. The van der Waals surface area contributed by atoms with Crippen LogP contribution < -0.4 is 15.6 Å². The number of benzene rings is 4. The van der Waals surface area contributed by atoms with Gasteiger partial charge in [0.1, 0.15) is 11.0 Å². The zero-order chi connectivity index (χ0) is 27.5. The predicted molar refractivity (Wildman–Crippen MR) is 157 cm³/mol. The first kappa shape index (κ1) is 25.4. The molecule has 6 rings (SSSR count). The molecule has 8 nitrogen and oxygen atoms in total. The van der Waals surface area contributed by atoms with E-state index in [0.29, 0.717) is 45.6 Å². The molecule has 40 heavy (non-hydrogen) atoms. The van der Waals surface area contributed by atoms with Crippen LogP contribution in [0.3, 0.4) is 0 Å². The molecule has 0 fully saturated rings.